The van der Waals surface area contributed by atoms with Gasteiger partial charge in [0.05, 0.1) is 10.9 Å². The van der Waals surface area contributed by atoms with E-state index in [1.165, 1.54) is 18.4 Å². The van der Waals surface area contributed by atoms with Gasteiger partial charge in [0.25, 0.3) is 0 Å². The van der Waals surface area contributed by atoms with Gasteiger partial charge < -0.3 is 4.74 Å². The quantitative estimate of drug-likeness (QED) is 0.734. The van der Waals surface area contributed by atoms with Crippen LogP contribution in [-0.2, 0) is 16.3 Å². The van der Waals surface area contributed by atoms with Gasteiger partial charge in [-0.3, -0.25) is 4.90 Å². The molecule has 4 nitrogen and oxygen atoms in total. The molecule has 2 unspecified atom stereocenters. The second kappa shape index (κ2) is 7.32. The highest BCUT2D eigenvalue weighted by Gasteiger charge is 2.40. The van der Waals surface area contributed by atoms with E-state index in [4.69, 9.17) is 16.3 Å². The summed E-state index contributed by atoms with van der Waals surface area (Å²) >= 11 is 6.33. The van der Waals surface area contributed by atoms with Gasteiger partial charge in [0.1, 0.15) is 17.7 Å². The molecule has 0 aromatic heterocycles. The zero-order valence-electron chi connectivity index (χ0n) is 15.9. The molecule has 0 N–H and O–H groups in total. The highest BCUT2D eigenvalue weighted by molar-refractivity contribution is 7.90. The van der Waals surface area contributed by atoms with E-state index in [9.17, 15) is 12.8 Å². The summed E-state index contributed by atoms with van der Waals surface area (Å²) in [6, 6.07) is 7.93. The van der Waals surface area contributed by atoms with E-state index in [1.807, 2.05) is 0 Å². The van der Waals surface area contributed by atoms with E-state index in [0.717, 1.165) is 43.5 Å². The number of likely N-dealkylation sites (tertiary alicyclic amines) is 1. The van der Waals surface area contributed by atoms with Crippen molar-refractivity contribution in [2.45, 2.75) is 43.2 Å². The Morgan fingerprint density at radius 2 is 1.89 bits per heavy atom. The summed E-state index contributed by atoms with van der Waals surface area (Å²) in [5, 5.41) is 0.439. The fourth-order valence-electron chi connectivity index (χ4n) is 4.41. The van der Waals surface area contributed by atoms with Gasteiger partial charge in [-0.15, -0.1) is 0 Å². The van der Waals surface area contributed by atoms with Crippen LogP contribution in [0.15, 0.2) is 35.2 Å². The lowest BCUT2D eigenvalue weighted by Gasteiger charge is -2.30. The Morgan fingerprint density at radius 1 is 1.18 bits per heavy atom. The molecule has 1 heterocycles. The van der Waals surface area contributed by atoms with E-state index >= 15 is 0 Å². The molecule has 150 valence electrons. The molecule has 7 heteroatoms. The summed E-state index contributed by atoms with van der Waals surface area (Å²) in [5.74, 6) is 0.204. The van der Waals surface area contributed by atoms with Crippen LogP contribution in [0.2, 0.25) is 5.02 Å². The molecule has 1 aliphatic carbocycles. The molecule has 28 heavy (non-hydrogen) atoms. The minimum absolute atomic E-state index is 0.0895. The van der Waals surface area contributed by atoms with Gasteiger partial charge in [0, 0.05) is 16.8 Å². The molecular weight excluding hydrogens is 401 g/mol. The van der Waals surface area contributed by atoms with Crippen molar-refractivity contribution in [1.82, 2.24) is 4.90 Å². The Balaban J connectivity index is 1.70. The highest BCUT2D eigenvalue weighted by Crippen LogP contribution is 2.42. The standard InChI is InChI=1S/C21H23ClFNO3S/c1-13-9-15(5-6-20(13)28(2,25)26)27-21-17-10-14(23)11-18(22)16(17)12-19(21)24-7-3-4-8-24/h5-6,9-11,19,21H,3-4,7-8,12H2,1-2H3. The third-order valence-electron chi connectivity index (χ3n) is 5.68. The maximum absolute atomic E-state index is 14.1. The predicted octanol–water partition coefficient (Wildman–Crippen LogP) is 4.33. The number of nitrogens with zero attached hydrogens (tertiary/aromatic N) is 1. The second-order valence-electron chi connectivity index (χ2n) is 7.71. The van der Waals surface area contributed by atoms with Crippen molar-refractivity contribution in [3.63, 3.8) is 0 Å². The molecule has 0 spiro atoms. The van der Waals surface area contributed by atoms with Crippen LogP contribution < -0.4 is 4.74 Å². The normalized spacial score (nSPS) is 22.4. The van der Waals surface area contributed by atoms with Crippen LogP contribution in [0.5, 0.6) is 5.75 Å². The number of aryl methyl sites for hydroxylation is 1. The lowest BCUT2D eigenvalue weighted by Crippen LogP contribution is -2.38. The van der Waals surface area contributed by atoms with Gasteiger partial charge in [-0.05, 0) is 80.7 Å². The van der Waals surface area contributed by atoms with E-state index < -0.39 is 9.84 Å². The Hall–Kier alpha value is -1.63. The first-order valence-corrected chi connectivity index (χ1v) is 11.7. The van der Waals surface area contributed by atoms with Crippen LogP contribution in [0.3, 0.4) is 0 Å². The van der Waals surface area contributed by atoms with E-state index in [2.05, 4.69) is 4.90 Å². The Kier molecular flexibility index (Phi) is 5.14. The van der Waals surface area contributed by atoms with Crippen LogP contribution in [0, 0.1) is 12.7 Å². The molecule has 2 aliphatic rings. The lowest BCUT2D eigenvalue weighted by molar-refractivity contribution is 0.0939. The van der Waals surface area contributed by atoms with Crippen LogP contribution in [0.4, 0.5) is 4.39 Å². The molecule has 0 bridgehead atoms. The first-order chi connectivity index (χ1) is 13.2. The highest BCUT2D eigenvalue weighted by atomic mass is 35.5. The topological polar surface area (TPSA) is 46.6 Å². The van der Waals surface area contributed by atoms with Gasteiger partial charge in [0.15, 0.2) is 9.84 Å². The van der Waals surface area contributed by atoms with Crippen molar-refractivity contribution in [1.29, 1.82) is 0 Å². The summed E-state index contributed by atoms with van der Waals surface area (Å²) in [7, 11) is -3.29. The summed E-state index contributed by atoms with van der Waals surface area (Å²) in [5.41, 5.74) is 2.36. The van der Waals surface area contributed by atoms with Gasteiger partial charge in [-0.2, -0.15) is 0 Å². The summed E-state index contributed by atoms with van der Waals surface area (Å²) < 4.78 is 44.1. The van der Waals surface area contributed by atoms with Crippen molar-refractivity contribution < 1.29 is 17.5 Å². The average molecular weight is 424 g/mol. The third-order valence-corrected chi connectivity index (χ3v) is 7.28. The van der Waals surface area contributed by atoms with Crippen molar-refractivity contribution in [3.05, 3.63) is 57.9 Å². The number of benzene rings is 2. The van der Waals surface area contributed by atoms with E-state index in [-0.39, 0.29) is 22.9 Å². The van der Waals surface area contributed by atoms with Crippen LogP contribution in [-0.4, -0.2) is 38.7 Å². The predicted molar refractivity (Wildman–Crippen MR) is 107 cm³/mol. The SMILES string of the molecule is Cc1cc(OC2c3cc(F)cc(Cl)c3CC2N2CCCC2)ccc1S(C)(=O)=O. The molecule has 0 radical (unpaired) electrons. The number of sulfone groups is 1. The lowest BCUT2D eigenvalue weighted by atomic mass is 10.1. The number of hydrogen-bond donors (Lipinski definition) is 0. The van der Waals surface area contributed by atoms with Gasteiger partial charge in [-0.1, -0.05) is 11.6 Å². The van der Waals surface area contributed by atoms with E-state index in [0.29, 0.717) is 16.3 Å². The average Bonchev–Trinajstić information content (AvgIpc) is 3.22. The molecule has 2 aromatic rings. The zero-order chi connectivity index (χ0) is 20.1. The van der Waals surface area contributed by atoms with E-state index in [1.54, 1.807) is 25.1 Å². The Bertz CT molecular complexity index is 1020. The maximum atomic E-state index is 14.1. The van der Waals surface area contributed by atoms with Gasteiger partial charge in [-0.25, -0.2) is 12.8 Å². The molecule has 0 saturated carbocycles. The first-order valence-electron chi connectivity index (χ1n) is 9.43. The minimum Gasteiger partial charge on any atom is -0.484 e. The number of rotatable bonds is 4. The number of ether oxygens (including phenoxy) is 1. The van der Waals surface area contributed by atoms with Gasteiger partial charge >= 0.3 is 0 Å². The van der Waals surface area contributed by atoms with Gasteiger partial charge in [0.2, 0.25) is 0 Å². The monoisotopic (exact) mass is 423 g/mol. The summed E-state index contributed by atoms with van der Waals surface area (Å²) in [6.45, 7) is 3.73. The van der Waals surface area contributed by atoms with Crippen LogP contribution in [0.1, 0.15) is 35.6 Å². The largest absolute Gasteiger partial charge is 0.484 e. The minimum atomic E-state index is -3.29. The fraction of sp³-hybridized carbons (Fsp3) is 0.429. The maximum Gasteiger partial charge on any atom is 0.175 e. The molecule has 2 aromatic carbocycles. The van der Waals surface area contributed by atoms with Crippen molar-refractivity contribution in [2.75, 3.05) is 19.3 Å². The van der Waals surface area contributed by atoms with Crippen molar-refractivity contribution in [3.8, 4) is 5.75 Å². The number of fused-ring (bicyclic) bond motifs is 1. The molecule has 4 rings (SSSR count). The molecule has 0 amide bonds. The molecule has 1 saturated heterocycles. The van der Waals surface area contributed by atoms with Crippen molar-refractivity contribution >= 4 is 21.4 Å². The molecule has 1 aliphatic heterocycles. The zero-order valence-corrected chi connectivity index (χ0v) is 17.5. The Labute approximate surface area is 170 Å². The molecular formula is C21H23ClFNO3S. The summed E-state index contributed by atoms with van der Waals surface area (Å²) in [6.07, 6.45) is 3.86. The first kappa shape index (κ1) is 19.7. The van der Waals surface area contributed by atoms with Crippen LogP contribution >= 0.6 is 11.6 Å². The second-order valence-corrected chi connectivity index (χ2v) is 10.1. The number of hydrogen-bond acceptors (Lipinski definition) is 4. The smallest absolute Gasteiger partial charge is 0.175 e. The fourth-order valence-corrected chi connectivity index (χ4v) is 5.66. The van der Waals surface area contributed by atoms with Crippen LogP contribution in [0.25, 0.3) is 0 Å². The molecule has 1 fully saturated rings. The van der Waals surface area contributed by atoms with Crippen molar-refractivity contribution in [2.24, 2.45) is 0 Å². The summed E-state index contributed by atoms with van der Waals surface area (Å²) in [4.78, 5) is 2.67. The third kappa shape index (κ3) is 3.65. The molecule has 2 atom stereocenters. The number of halogens is 2. The Morgan fingerprint density at radius 3 is 2.54 bits per heavy atom.